The van der Waals surface area contributed by atoms with Gasteiger partial charge in [0.1, 0.15) is 5.75 Å². The molecule has 1 aromatic carbocycles. The molecule has 0 unspecified atom stereocenters. The van der Waals surface area contributed by atoms with Gasteiger partial charge in [0, 0.05) is 5.56 Å². The van der Waals surface area contributed by atoms with Crippen molar-refractivity contribution in [2.75, 3.05) is 7.11 Å². The van der Waals surface area contributed by atoms with Crippen molar-refractivity contribution in [1.29, 1.82) is 0 Å². The first kappa shape index (κ1) is 16.0. The third kappa shape index (κ3) is 5.21. The van der Waals surface area contributed by atoms with Gasteiger partial charge in [0.15, 0.2) is 0 Å². The lowest BCUT2D eigenvalue weighted by Crippen LogP contribution is -2.07. The summed E-state index contributed by atoms with van der Waals surface area (Å²) in [5.41, 5.74) is 3.46. The van der Waals surface area contributed by atoms with Crippen LogP contribution in [0, 0.1) is 6.92 Å². The molecule has 0 bridgehead atoms. The maximum absolute atomic E-state index is 5.66. The van der Waals surface area contributed by atoms with Crippen molar-refractivity contribution in [3.63, 3.8) is 0 Å². The molecular weight excluding hydrogens is 240 g/mol. The quantitative estimate of drug-likeness (QED) is 0.750. The van der Waals surface area contributed by atoms with Crippen LogP contribution in [0.2, 0.25) is 0 Å². The molecule has 0 saturated heterocycles. The van der Waals surface area contributed by atoms with Crippen molar-refractivity contribution in [2.24, 2.45) is 0 Å². The van der Waals surface area contributed by atoms with Crippen LogP contribution in [0.3, 0.4) is 0 Å². The standard InChI is InChI=1S/C16H26O3/c1-11(2)18-9-14-8-16(17-6)15(7-13(14)5)10-19-12(3)4/h7-8,11-12H,9-10H2,1-6H3. The summed E-state index contributed by atoms with van der Waals surface area (Å²) >= 11 is 0. The van der Waals surface area contributed by atoms with E-state index in [1.54, 1.807) is 7.11 Å². The molecule has 3 nitrogen and oxygen atoms in total. The molecule has 0 aliphatic carbocycles. The molecule has 1 rings (SSSR count). The summed E-state index contributed by atoms with van der Waals surface area (Å²) in [4.78, 5) is 0. The number of hydrogen-bond donors (Lipinski definition) is 0. The summed E-state index contributed by atoms with van der Waals surface area (Å²) < 4.78 is 16.8. The van der Waals surface area contributed by atoms with Gasteiger partial charge in [0.25, 0.3) is 0 Å². The SMILES string of the molecule is COc1cc(COC(C)C)c(C)cc1COC(C)C. The van der Waals surface area contributed by atoms with Gasteiger partial charge in [0.05, 0.1) is 32.5 Å². The van der Waals surface area contributed by atoms with E-state index < -0.39 is 0 Å². The van der Waals surface area contributed by atoms with Gasteiger partial charge < -0.3 is 14.2 Å². The van der Waals surface area contributed by atoms with E-state index in [2.05, 4.69) is 19.1 Å². The fraction of sp³-hybridized carbons (Fsp3) is 0.625. The summed E-state index contributed by atoms with van der Waals surface area (Å²) in [5.74, 6) is 0.869. The van der Waals surface area contributed by atoms with Gasteiger partial charge in [-0.25, -0.2) is 0 Å². The van der Waals surface area contributed by atoms with Crippen molar-refractivity contribution in [3.8, 4) is 5.75 Å². The molecule has 0 atom stereocenters. The van der Waals surface area contributed by atoms with Crippen LogP contribution in [0.5, 0.6) is 5.75 Å². The van der Waals surface area contributed by atoms with Crippen LogP contribution >= 0.6 is 0 Å². The second-order valence-corrected chi connectivity index (χ2v) is 5.31. The first-order valence-corrected chi connectivity index (χ1v) is 6.83. The lowest BCUT2D eigenvalue weighted by atomic mass is 10.0. The van der Waals surface area contributed by atoms with E-state index in [1.807, 2.05) is 27.7 Å². The Labute approximate surface area is 116 Å². The second kappa shape index (κ2) is 7.51. The normalized spacial score (nSPS) is 11.4. The zero-order valence-electron chi connectivity index (χ0n) is 12.9. The summed E-state index contributed by atoms with van der Waals surface area (Å²) in [7, 11) is 1.69. The van der Waals surface area contributed by atoms with Crippen LogP contribution in [-0.2, 0) is 22.7 Å². The predicted molar refractivity (Wildman–Crippen MR) is 77.6 cm³/mol. The number of ether oxygens (including phenoxy) is 3. The van der Waals surface area contributed by atoms with Crippen LogP contribution < -0.4 is 4.74 Å². The highest BCUT2D eigenvalue weighted by molar-refractivity contribution is 5.41. The zero-order valence-corrected chi connectivity index (χ0v) is 12.9. The Morgan fingerprint density at radius 1 is 0.895 bits per heavy atom. The number of methoxy groups -OCH3 is 1. The summed E-state index contributed by atoms with van der Waals surface area (Å²) in [5, 5.41) is 0. The highest BCUT2D eigenvalue weighted by Gasteiger charge is 2.10. The number of benzene rings is 1. The average molecular weight is 266 g/mol. The lowest BCUT2D eigenvalue weighted by Gasteiger charge is -2.16. The number of hydrogen-bond acceptors (Lipinski definition) is 3. The molecule has 0 aromatic heterocycles. The predicted octanol–water partition coefficient (Wildman–Crippen LogP) is 3.85. The minimum atomic E-state index is 0.217. The topological polar surface area (TPSA) is 27.7 Å². The number of rotatable bonds is 7. The molecule has 0 fully saturated rings. The monoisotopic (exact) mass is 266 g/mol. The first-order valence-electron chi connectivity index (χ1n) is 6.83. The van der Waals surface area contributed by atoms with Crippen LogP contribution in [-0.4, -0.2) is 19.3 Å². The molecule has 0 N–H and O–H groups in total. The highest BCUT2D eigenvalue weighted by Crippen LogP contribution is 2.25. The third-order valence-corrected chi connectivity index (χ3v) is 2.88. The molecule has 0 amide bonds. The Kier molecular flexibility index (Phi) is 6.32. The van der Waals surface area contributed by atoms with Gasteiger partial charge in [-0.3, -0.25) is 0 Å². The molecule has 0 saturated carbocycles. The first-order chi connectivity index (χ1) is 8.93. The largest absolute Gasteiger partial charge is 0.496 e. The minimum Gasteiger partial charge on any atom is -0.496 e. The van der Waals surface area contributed by atoms with E-state index in [0.29, 0.717) is 13.2 Å². The smallest absolute Gasteiger partial charge is 0.124 e. The summed E-state index contributed by atoms with van der Waals surface area (Å²) in [6.45, 7) is 11.4. The Morgan fingerprint density at radius 3 is 1.89 bits per heavy atom. The van der Waals surface area contributed by atoms with E-state index in [9.17, 15) is 0 Å². The van der Waals surface area contributed by atoms with Gasteiger partial charge in [0.2, 0.25) is 0 Å². The third-order valence-electron chi connectivity index (χ3n) is 2.88. The van der Waals surface area contributed by atoms with E-state index >= 15 is 0 Å². The fourth-order valence-corrected chi connectivity index (χ4v) is 1.76. The number of aryl methyl sites for hydroxylation is 1. The minimum absolute atomic E-state index is 0.217. The Balaban J connectivity index is 2.87. The van der Waals surface area contributed by atoms with E-state index in [-0.39, 0.29) is 12.2 Å². The van der Waals surface area contributed by atoms with Crippen molar-refractivity contribution in [3.05, 3.63) is 28.8 Å². The van der Waals surface area contributed by atoms with Gasteiger partial charge in [-0.15, -0.1) is 0 Å². The van der Waals surface area contributed by atoms with Gasteiger partial charge in [-0.2, -0.15) is 0 Å². The molecule has 1 aromatic rings. The summed E-state index contributed by atoms with van der Waals surface area (Å²) in [6.07, 6.45) is 0.448. The maximum Gasteiger partial charge on any atom is 0.124 e. The van der Waals surface area contributed by atoms with Crippen LogP contribution in [0.1, 0.15) is 44.4 Å². The van der Waals surface area contributed by atoms with Crippen LogP contribution in [0.4, 0.5) is 0 Å². The highest BCUT2D eigenvalue weighted by atomic mass is 16.5. The molecule has 108 valence electrons. The fourth-order valence-electron chi connectivity index (χ4n) is 1.76. The molecule has 19 heavy (non-hydrogen) atoms. The molecule has 3 heteroatoms. The lowest BCUT2D eigenvalue weighted by molar-refractivity contribution is 0.0625. The Bertz CT molecular complexity index is 397. The Morgan fingerprint density at radius 2 is 1.42 bits per heavy atom. The van der Waals surface area contributed by atoms with Crippen LogP contribution in [0.25, 0.3) is 0 Å². The average Bonchev–Trinajstić information content (AvgIpc) is 2.34. The molecule has 0 radical (unpaired) electrons. The molecule has 0 aliphatic rings. The molecule has 0 spiro atoms. The van der Waals surface area contributed by atoms with Crippen molar-refractivity contribution < 1.29 is 14.2 Å². The zero-order chi connectivity index (χ0) is 14.4. The molecule has 0 aliphatic heterocycles. The van der Waals surface area contributed by atoms with Gasteiger partial charge in [-0.1, -0.05) is 0 Å². The van der Waals surface area contributed by atoms with E-state index in [0.717, 1.165) is 11.3 Å². The molecule has 0 heterocycles. The van der Waals surface area contributed by atoms with E-state index in [4.69, 9.17) is 14.2 Å². The van der Waals surface area contributed by atoms with Crippen molar-refractivity contribution in [1.82, 2.24) is 0 Å². The van der Waals surface area contributed by atoms with E-state index in [1.165, 1.54) is 11.1 Å². The van der Waals surface area contributed by atoms with Crippen LogP contribution in [0.15, 0.2) is 12.1 Å². The molecular formula is C16H26O3. The summed E-state index contributed by atoms with van der Waals surface area (Å²) in [6, 6.07) is 4.18. The maximum atomic E-state index is 5.66. The van der Waals surface area contributed by atoms with Crippen molar-refractivity contribution >= 4 is 0 Å². The van der Waals surface area contributed by atoms with Crippen molar-refractivity contribution in [2.45, 2.75) is 60.0 Å². The Hall–Kier alpha value is -1.06. The van der Waals surface area contributed by atoms with Gasteiger partial charge >= 0.3 is 0 Å². The van der Waals surface area contributed by atoms with Gasteiger partial charge in [-0.05, 0) is 57.9 Å². The second-order valence-electron chi connectivity index (χ2n) is 5.31.